The van der Waals surface area contributed by atoms with E-state index < -0.39 is 29.5 Å². The SMILES string of the molecule is CCOC(=O)C1=C(C(F)(F)F)Nc2ncnn2[C@H]1c1ccc(Cl)cc1. The Hall–Kier alpha value is -2.55. The van der Waals surface area contributed by atoms with Gasteiger partial charge in [-0.3, -0.25) is 0 Å². The van der Waals surface area contributed by atoms with Gasteiger partial charge in [-0.15, -0.1) is 0 Å². The van der Waals surface area contributed by atoms with Gasteiger partial charge in [0.2, 0.25) is 5.95 Å². The second kappa shape index (κ2) is 6.40. The number of fused-ring (bicyclic) bond motifs is 1. The molecular formula is C15H12ClF3N4O2. The van der Waals surface area contributed by atoms with Gasteiger partial charge < -0.3 is 10.1 Å². The fourth-order valence-electron chi connectivity index (χ4n) is 2.57. The zero-order valence-corrected chi connectivity index (χ0v) is 13.6. The number of nitrogens with one attached hydrogen (secondary N) is 1. The number of nitrogens with zero attached hydrogens (tertiary/aromatic N) is 3. The molecule has 3 rings (SSSR count). The highest BCUT2D eigenvalue weighted by Gasteiger charge is 2.46. The number of allylic oxidation sites excluding steroid dienone is 1. The summed E-state index contributed by atoms with van der Waals surface area (Å²) in [4.78, 5) is 16.1. The zero-order valence-electron chi connectivity index (χ0n) is 12.8. The summed E-state index contributed by atoms with van der Waals surface area (Å²) in [5, 5.41) is 6.49. The van der Waals surface area contributed by atoms with E-state index in [1.54, 1.807) is 0 Å². The summed E-state index contributed by atoms with van der Waals surface area (Å²) in [5.41, 5.74) is -1.41. The number of alkyl halides is 3. The molecule has 0 saturated heterocycles. The number of carbonyl (C=O) groups is 1. The van der Waals surface area contributed by atoms with Crippen molar-refractivity contribution in [2.24, 2.45) is 0 Å². The number of halogens is 4. The van der Waals surface area contributed by atoms with E-state index in [1.165, 1.54) is 35.9 Å². The number of carbonyl (C=O) groups excluding carboxylic acids is 1. The molecule has 2 aromatic rings. The quantitative estimate of drug-likeness (QED) is 0.837. The van der Waals surface area contributed by atoms with Gasteiger partial charge in [-0.05, 0) is 24.6 Å². The van der Waals surface area contributed by atoms with Crippen molar-refractivity contribution < 1.29 is 22.7 Å². The molecule has 6 nitrogen and oxygen atoms in total. The van der Waals surface area contributed by atoms with E-state index >= 15 is 0 Å². The molecule has 1 N–H and O–H groups in total. The molecule has 25 heavy (non-hydrogen) atoms. The molecule has 0 amide bonds. The van der Waals surface area contributed by atoms with Crippen LogP contribution in [0.3, 0.4) is 0 Å². The number of hydrogen-bond donors (Lipinski definition) is 1. The normalized spacial score (nSPS) is 17.1. The lowest BCUT2D eigenvalue weighted by molar-refractivity contribution is -0.140. The predicted molar refractivity (Wildman–Crippen MR) is 82.9 cm³/mol. The minimum atomic E-state index is -4.80. The molecule has 132 valence electrons. The second-order valence-corrected chi connectivity index (χ2v) is 5.55. The van der Waals surface area contributed by atoms with Gasteiger partial charge >= 0.3 is 12.1 Å². The molecule has 10 heteroatoms. The van der Waals surface area contributed by atoms with Crippen LogP contribution in [0.5, 0.6) is 0 Å². The van der Waals surface area contributed by atoms with Crippen LogP contribution in [0.2, 0.25) is 5.02 Å². The Morgan fingerprint density at radius 2 is 2.04 bits per heavy atom. The number of rotatable bonds is 3. The molecule has 1 aromatic heterocycles. The molecular weight excluding hydrogens is 361 g/mol. The highest BCUT2D eigenvalue weighted by Crippen LogP contribution is 2.41. The smallest absolute Gasteiger partial charge is 0.431 e. The van der Waals surface area contributed by atoms with Crippen molar-refractivity contribution in [3.05, 3.63) is 52.4 Å². The van der Waals surface area contributed by atoms with E-state index in [0.717, 1.165) is 6.33 Å². The van der Waals surface area contributed by atoms with Crippen LogP contribution in [0.4, 0.5) is 19.1 Å². The minimum Gasteiger partial charge on any atom is -0.463 e. The third kappa shape index (κ3) is 3.19. The van der Waals surface area contributed by atoms with E-state index in [0.29, 0.717) is 10.6 Å². The van der Waals surface area contributed by atoms with Gasteiger partial charge in [0.25, 0.3) is 0 Å². The lowest BCUT2D eigenvalue weighted by atomic mass is 9.95. The molecule has 1 atom stereocenters. The first-order chi connectivity index (χ1) is 11.8. The van der Waals surface area contributed by atoms with Gasteiger partial charge in [-0.1, -0.05) is 23.7 Å². The van der Waals surface area contributed by atoms with Crippen LogP contribution < -0.4 is 5.32 Å². The number of aromatic nitrogens is 3. The monoisotopic (exact) mass is 372 g/mol. The molecule has 0 fully saturated rings. The maximum absolute atomic E-state index is 13.5. The highest BCUT2D eigenvalue weighted by molar-refractivity contribution is 6.30. The van der Waals surface area contributed by atoms with Crippen LogP contribution in [0, 0.1) is 0 Å². The Labute approximate surface area is 145 Å². The molecule has 0 bridgehead atoms. The van der Waals surface area contributed by atoms with E-state index in [1.807, 2.05) is 0 Å². The van der Waals surface area contributed by atoms with Crippen LogP contribution in [-0.2, 0) is 9.53 Å². The molecule has 1 aromatic carbocycles. The number of anilines is 1. The van der Waals surface area contributed by atoms with Gasteiger partial charge in [0.15, 0.2) is 0 Å². The molecule has 2 heterocycles. The van der Waals surface area contributed by atoms with Gasteiger partial charge in [-0.25, -0.2) is 9.48 Å². The van der Waals surface area contributed by atoms with Crippen molar-refractivity contribution in [3.63, 3.8) is 0 Å². The molecule has 0 aliphatic carbocycles. The van der Waals surface area contributed by atoms with E-state index in [2.05, 4.69) is 15.4 Å². The van der Waals surface area contributed by atoms with Crippen molar-refractivity contribution in [1.29, 1.82) is 0 Å². The first-order valence-electron chi connectivity index (χ1n) is 7.23. The van der Waals surface area contributed by atoms with Gasteiger partial charge in [-0.2, -0.15) is 23.3 Å². The minimum absolute atomic E-state index is 0.0645. The van der Waals surface area contributed by atoms with Gasteiger partial charge in [0.05, 0.1) is 12.2 Å². The summed E-state index contributed by atoms with van der Waals surface area (Å²) < 4.78 is 46.7. The summed E-state index contributed by atoms with van der Waals surface area (Å²) in [7, 11) is 0. The van der Waals surface area contributed by atoms with Crippen LogP contribution in [0.1, 0.15) is 18.5 Å². The van der Waals surface area contributed by atoms with Crippen molar-refractivity contribution in [2.75, 3.05) is 11.9 Å². The highest BCUT2D eigenvalue weighted by atomic mass is 35.5. The molecule has 1 aliphatic rings. The van der Waals surface area contributed by atoms with Crippen molar-refractivity contribution in [1.82, 2.24) is 14.8 Å². The van der Waals surface area contributed by atoms with Gasteiger partial charge in [0.1, 0.15) is 18.1 Å². The van der Waals surface area contributed by atoms with Crippen LogP contribution in [-0.4, -0.2) is 33.5 Å². The maximum atomic E-state index is 13.5. The Bertz CT molecular complexity index is 830. The number of hydrogen-bond acceptors (Lipinski definition) is 5. The zero-order chi connectivity index (χ0) is 18.2. The Balaban J connectivity index is 2.24. The largest absolute Gasteiger partial charge is 0.463 e. The lowest BCUT2D eigenvalue weighted by Crippen LogP contribution is -2.35. The third-order valence-electron chi connectivity index (χ3n) is 3.56. The van der Waals surface area contributed by atoms with E-state index in [9.17, 15) is 18.0 Å². The number of benzene rings is 1. The fraction of sp³-hybridized carbons (Fsp3) is 0.267. The average molecular weight is 373 g/mol. The summed E-state index contributed by atoms with van der Waals surface area (Å²) >= 11 is 5.85. The standard InChI is InChI=1S/C15H12ClF3N4O2/c1-2-25-13(24)10-11(8-3-5-9(16)6-4-8)23-14(20-7-21-23)22-12(10)15(17,18)19/h3-7,11H,2H2,1H3,(H,20,21,22)/t11-/m0/s1. The molecule has 0 radical (unpaired) electrons. The topological polar surface area (TPSA) is 69.0 Å². The number of ether oxygens (including phenoxy) is 1. The van der Waals surface area contributed by atoms with Crippen LogP contribution >= 0.6 is 11.6 Å². The molecule has 0 unspecified atom stereocenters. The van der Waals surface area contributed by atoms with Crippen molar-refractivity contribution in [3.8, 4) is 0 Å². The molecule has 0 spiro atoms. The summed E-state index contributed by atoms with van der Waals surface area (Å²) in [5.74, 6) is -1.20. The predicted octanol–water partition coefficient (Wildman–Crippen LogP) is 3.33. The van der Waals surface area contributed by atoms with E-state index in [-0.39, 0.29) is 12.6 Å². The Kier molecular flexibility index (Phi) is 4.42. The summed E-state index contributed by atoms with van der Waals surface area (Å²) in [6.45, 7) is 1.45. The molecule has 0 saturated carbocycles. The number of esters is 1. The third-order valence-corrected chi connectivity index (χ3v) is 3.81. The Morgan fingerprint density at radius 3 is 2.64 bits per heavy atom. The van der Waals surface area contributed by atoms with Crippen molar-refractivity contribution >= 4 is 23.5 Å². The average Bonchev–Trinajstić information content (AvgIpc) is 3.01. The fourth-order valence-corrected chi connectivity index (χ4v) is 2.69. The first kappa shape index (κ1) is 17.3. The second-order valence-electron chi connectivity index (χ2n) is 5.11. The molecule has 1 aliphatic heterocycles. The van der Waals surface area contributed by atoms with Crippen LogP contribution in [0.25, 0.3) is 0 Å². The summed E-state index contributed by atoms with van der Waals surface area (Å²) in [6.07, 6.45) is -3.70. The Morgan fingerprint density at radius 1 is 1.36 bits per heavy atom. The van der Waals surface area contributed by atoms with E-state index in [4.69, 9.17) is 16.3 Å². The maximum Gasteiger partial charge on any atom is 0.431 e. The lowest BCUT2D eigenvalue weighted by Gasteiger charge is -2.30. The first-order valence-corrected chi connectivity index (χ1v) is 7.61. The van der Waals surface area contributed by atoms with Gasteiger partial charge in [0, 0.05) is 5.02 Å². The van der Waals surface area contributed by atoms with Crippen LogP contribution in [0.15, 0.2) is 41.9 Å². The summed E-state index contributed by atoms with van der Waals surface area (Å²) in [6, 6.07) is 4.94. The van der Waals surface area contributed by atoms with Crippen molar-refractivity contribution in [2.45, 2.75) is 19.1 Å².